The van der Waals surface area contributed by atoms with Crippen LogP contribution in [0.4, 0.5) is 10.1 Å². The Morgan fingerprint density at radius 2 is 1.78 bits per heavy atom. The van der Waals surface area contributed by atoms with Crippen LogP contribution >= 0.6 is 11.3 Å². The highest BCUT2D eigenvalue weighted by Gasteiger charge is 2.18. The zero-order valence-corrected chi connectivity index (χ0v) is 20.8. The maximum atomic E-state index is 14.8. The Balaban J connectivity index is 1.75. The lowest BCUT2D eigenvalue weighted by atomic mass is 10.1. The summed E-state index contributed by atoms with van der Waals surface area (Å²) < 4.78 is 19.7. The van der Waals surface area contributed by atoms with Gasteiger partial charge in [0.1, 0.15) is 5.82 Å². The van der Waals surface area contributed by atoms with Crippen LogP contribution in [0, 0.1) is 12.7 Å². The van der Waals surface area contributed by atoms with Crippen molar-refractivity contribution in [2.24, 2.45) is 17.1 Å². The predicted molar refractivity (Wildman–Crippen MR) is 141 cm³/mol. The molecule has 180 valence electrons. The average Bonchev–Trinajstić information content (AvgIpc) is 3.38. The molecule has 2 aromatic carbocycles. The van der Waals surface area contributed by atoms with Gasteiger partial charge in [-0.15, -0.1) is 11.3 Å². The zero-order chi connectivity index (χ0) is 25.2. The molecule has 0 aliphatic carbocycles. The van der Waals surface area contributed by atoms with Crippen LogP contribution in [0.25, 0.3) is 16.9 Å². The Hall–Kier alpha value is -4.37. The van der Waals surface area contributed by atoms with E-state index in [1.807, 2.05) is 63.4 Å². The van der Waals surface area contributed by atoms with Crippen LogP contribution in [-0.2, 0) is 7.05 Å². The van der Waals surface area contributed by atoms with Crippen LogP contribution < -0.4 is 10.4 Å². The lowest BCUT2D eigenvalue weighted by molar-refractivity contribution is 0.629. The largest absolute Gasteiger partial charge is 0.297 e. The number of aromatic nitrogens is 4. The summed E-state index contributed by atoms with van der Waals surface area (Å²) in [5.74, 6) is -0.368. The highest BCUT2D eigenvalue weighted by Crippen LogP contribution is 2.24. The van der Waals surface area contributed by atoms with E-state index in [0.717, 1.165) is 11.3 Å². The summed E-state index contributed by atoms with van der Waals surface area (Å²) in [5, 5.41) is 6.57. The topological polar surface area (TPSA) is 69.5 Å². The van der Waals surface area contributed by atoms with Gasteiger partial charge in [0.25, 0.3) is 5.56 Å². The predicted octanol–water partition coefficient (Wildman–Crippen LogP) is 5.05. The molecule has 0 N–H and O–H groups in total. The third kappa shape index (κ3) is 4.25. The minimum atomic E-state index is -0.368. The maximum Gasteiger partial charge on any atom is 0.297 e. The molecule has 0 aliphatic heterocycles. The van der Waals surface area contributed by atoms with Crippen LogP contribution in [-0.4, -0.2) is 24.7 Å². The molecule has 0 bridgehead atoms. The van der Waals surface area contributed by atoms with Crippen molar-refractivity contribution in [3.8, 4) is 16.9 Å². The molecule has 3 aromatic heterocycles. The summed E-state index contributed by atoms with van der Waals surface area (Å²) in [7, 11) is 1.82. The number of pyridine rings is 1. The lowest BCUT2D eigenvalue weighted by Crippen LogP contribution is -2.20. The summed E-state index contributed by atoms with van der Waals surface area (Å²) in [4.78, 5) is 22.8. The van der Waals surface area contributed by atoms with Gasteiger partial charge in [0, 0.05) is 35.9 Å². The van der Waals surface area contributed by atoms with Crippen molar-refractivity contribution in [1.82, 2.24) is 19.0 Å². The fourth-order valence-electron chi connectivity index (χ4n) is 3.89. The number of hydrogen-bond acceptors (Lipinski definition) is 5. The third-order valence-corrected chi connectivity index (χ3v) is 6.71. The third-order valence-electron chi connectivity index (χ3n) is 5.90. The van der Waals surface area contributed by atoms with E-state index in [9.17, 15) is 9.18 Å². The number of benzene rings is 2. The number of rotatable bonds is 5. The van der Waals surface area contributed by atoms with Gasteiger partial charge in [-0.2, -0.15) is 5.10 Å². The van der Waals surface area contributed by atoms with Crippen molar-refractivity contribution in [2.75, 3.05) is 0 Å². The van der Waals surface area contributed by atoms with Gasteiger partial charge in [0.05, 0.1) is 22.8 Å². The van der Waals surface area contributed by atoms with Gasteiger partial charge in [0.2, 0.25) is 4.80 Å². The molecule has 0 unspecified atom stereocenters. The molecule has 36 heavy (non-hydrogen) atoms. The van der Waals surface area contributed by atoms with Crippen LogP contribution in [0.5, 0.6) is 0 Å². The normalized spacial score (nSPS) is 12.3. The van der Waals surface area contributed by atoms with Crippen molar-refractivity contribution in [1.29, 1.82) is 0 Å². The Bertz CT molecular complexity index is 1690. The van der Waals surface area contributed by atoms with E-state index >= 15 is 0 Å². The van der Waals surface area contributed by atoms with Gasteiger partial charge in [0.15, 0.2) is 5.69 Å². The van der Waals surface area contributed by atoms with E-state index in [4.69, 9.17) is 10.1 Å². The molecule has 3 heterocycles. The SMILES string of the molecule is CC(=Nn1c(-c2ccccc2F)csc1=Nc1c(C)n(C)n(-c2ccccc2)c1=O)c1cccnc1. The minimum Gasteiger partial charge on any atom is -0.283 e. The number of hydrogen-bond donors (Lipinski definition) is 0. The molecule has 0 fully saturated rings. The van der Waals surface area contributed by atoms with E-state index in [1.165, 1.54) is 17.4 Å². The van der Waals surface area contributed by atoms with Crippen molar-refractivity contribution < 1.29 is 4.39 Å². The molecule has 5 aromatic rings. The van der Waals surface area contributed by atoms with Gasteiger partial charge in [-0.1, -0.05) is 36.4 Å². The number of halogens is 1. The summed E-state index contributed by atoms with van der Waals surface area (Å²) in [5.41, 5.74) is 3.92. The quantitative estimate of drug-likeness (QED) is 0.318. The highest BCUT2D eigenvalue weighted by molar-refractivity contribution is 7.07. The van der Waals surface area contributed by atoms with Crippen molar-refractivity contribution in [3.05, 3.63) is 117 Å². The van der Waals surface area contributed by atoms with E-state index in [0.29, 0.717) is 33.2 Å². The first-order chi connectivity index (χ1) is 17.5. The van der Waals surface area contributed by atoms with Gasteiger partial charge >= 0.3 is 0 Å². The van der Waals surface area contributed by atoms with Gasteiger partial charge < -0.3 is 0 Å². The summed E-state index contributed by atoms with van der Waals surface area (Å²) in [6.07, 6.45) is 3.40. The first-order valence-corrected chi connectivity index (χ1v) is 12.1. The Kier molecular flexibility index (Phi) is 6.30. The molecule has 0 atom stereocenters. The molecule has 0 aliphatic rings. The molecule has 9 heteroatoms. The second kappa shape index (κ2) is 9.71. The van der Waals surface area contributed by atoms with Crippen molar-refractivity contribution in [2.45, 2.75) is 13.8 Å². The van der Waals surface area contributed by atoms with Crippen molar-refractivity contribution in [3.63, 3.8) is 0 Å². The maximum absolute atomic E-state index is 14.8. The molecule has 0 saturated heterocycles. The first kappa shape index (κ1) is 23.4. The number of thiazole rings is 1. The molecule has 0 spiro atoms. The molecule has 0 saturated carbocycles. The van der Waals surface area contributed by atoms with E-state index < -0.39 is 0 Å². The monoisotopic (exact) mass is 498 g/mol. The summed E-state index contributed by atoms with van der Waals surface area (Å²) in [6.45, 7) is 3.70. The highest BCUT2D eigenvalue weighted by atomic mass is 32.1. The fraction of sp³-hybridized carbons (Fsp3) is 0.111. The van der Waals surface area contributed by atoms with Crippen LogP contribution in [0.3, 0.4) is 0 Å². The van der Waals surface area contributed by atoms with E-state index in [1.54, 1.807) is 50.0 Å². The average molecular weight is 499 g/mol. The molecule has 7 nitrogen and oxygen atoms in total. The summed E-state index contributed by atoms with van der Waals surface area (Å²) >= 11 is 1.29. The summed E-state index contributed by atoms with van der Waals surface area (Å²) in [6, 6.07) is 19.6. The lowest BCUT2D eigenvalue weighted by Gasteiger charge is -2.07. The fourth-order valence-corrected chi connectivity index (χ4v) is 4.72. The van der Waals surface area contributed by atoms with Crippen molar-refractivity contribution >= 4 is 22.7 Å². The van der Waals surface area contributed by atoms with Gasteiger partial charge in [-0.25, -0.2) is 18.7 Å². The van der Waals surface area contributed by atoms with E-state index in [-0.39, 0.29) is 11.4 Å². The number of nitrogens with zero attached hydrogens (tertiary/aromatic N) is 6. The smallest absolute Gasteiger partial charge is 0.283 e. The van der Waals surface area contributed by atoms with Crippen LogP contribution in [0.2, 0.25) is 0 Å². The molecular weight excluding hydrogens is 475 g/mol. The molecule has 5 rings (SSSR count). The molecular formula is C27H23FN6OS. The number of para-hydroxylation sites is 1. The molecule has 0 amide bonds. The minimum absolute atomic E-state index is 0.249. The van der Waals surface area contributed by atoms with Crippen LogP contribution in [0.15, 0.2) is 99.4 Å². The Morgan fingerprint density at radius 1 is 1.03 bits per heavy atom. The second-order valence-electron chi connectivity index (χ2n) is 8.14. The molecule has 0 radical (unpaired) electrons. The Morgan fingerprint density at radius 3 is 2.50 bits per heavy atom. The van der Waals surface area contributed by atoms with Gasteiger partial charge in [-0.3, -0.25) is 14.5 Å². The Labute approximate surface area is 210 Å². The second-order valence-corrected chi connectivity index (χ2v) is 8.98. The van der Waals surface area contributed by atoms with Gasteiger partial charge in [-0.05, 0) is 44.2 Å². The van der Waals surface area contributed by atoms with E-state index in [2.05, 4.69) is 4.98 Å². The zero-order valence-electron chi connectivity index (χ0n) is 20.0. The van der Waals surface area contributed by atoms with Crippen LogP contribution in [0.1, 0.15) is 18.2 Å². The standard InChI is InChI=1S/C27H23FN6OS/c1-18(20-10-9-15-29-16-20)31-33-24(22-13-7-8-14-23(22)28)17-36-27(33)30-25-19(2)32(3)34(26(25)35)21-11-5-4-6-12-21/h4-17H,1-3H3. The first-order valence-electron chi connectivity index (χ1n) is 11.3.